The molecule has 1 unspecified atom stereocenters. The fourth-order valence-corrected chi connectivity index (χ4v) is 2.29. The fourth-order valence-electron chi connectivity index (χ4n) is 2.29. The van der Waals surface area contributed by atoms with Gasteiger partial charge < -0.3 is 5.11 Å². The Bertz CT molecular complexity index is 536. The number of aliphatic hydroxyl groups excluding tert-OH is 1. The van der Waals surface area contributed by atoms with E-state index in [-0.39, 0.29) is 18.9 Å². The SMILES string of the molecule is Cc1cn([C@H]2CCC(F)(CO)C2)c(=O)[nH]c1=O. The standard InChI is InChI=1S/C11H15FN2O3/c1-7-5-14(10(17)13-9(7)16)8-2-3-11(12,4-8)6-15/h5,8,15H,2-4,6H2,1H3,(H,13,16,17)/t8-,11?/m0/s1. The number of aromatic nitrogens is 2. The van der Waals surface area contributed by atoms with Gasteiger partial charge in [-0.15, -0.1) is 0 Å². The van der Waals surface area contributed by atoms with E-state index in [1.807, 2.05) is 0 Å². The molecule has 2 atom stereocenters. The average molecular weight is 242 g/mol. The Balaban J connectivity index is 2.34. The van der Waals surface area contributed by atoms with E-state index in [1.165, 1.54) is 10.8 Å². The van der Waals surface area contributed by atoms with Gasteiger partial charge in [0.05, 0.1) is 6.61 Å². The number of H-pyrrole nitrogens is 1. The first kappa shape index (κ1) is 12.0. The predicted molar refractivity (Wildman–Crippen MR) is 59.9 cm³/mol. The number of aliphatic hydroxyl groups is 1. The summed E-state index contributed by atoms with van der Waals surface area (Å²) in [5.41, 5.74) is -2.12. The summed E-state index contributed by atoms with van der Waals surface area (Å²) in [6.07, 6.45) is 2.28. The van der Waals surface area contributed by atoms with Crippen molar-refractivity contribution >= 4 is 0 Å². The van der Waals surface area contributed by atoms with E-state index < -0.39 is 23.5 Å². The molecule has 0 saturated heterocycles. The zero-order valence-electron chi connectivity index (χ0n) is 9.57. The lowest BCUT2D eigenvalue weighted by Gasteiger charge is -2.17. The predicted octanol–water partition coefficient (Wildman–Crippen LogP) is 0.271. The van der Waals surface area contributed by atoms with Crippen LogP contribution in [-0.4, -0.2) is 26.9 Å². The quantitative estimate of drug-likeness (QED) is 0.781. The zero-order chi connectivity index (χ0) is 12.6. The molecule has 1 saturated carbocycles. The molecule has 6 heteroatoms. The monoisotopic (exact) mass is 242 g/mol. The number of aryl methyl sites for hydroxylation is 1. The van der Waals surface area contributed by atoms with Crippen molar-refractivity contribution in [3.63, 3.8) is 0 Å². The molecule has 0 amide bonds. The molecule has 94 valence electrons. The smallest absolute Gasteiger partial charge is 0.328 e. The van der Waals surface area contributed by atoms with Gasteiger partial charge in [-0.1, -0.05) is 0 Å². The molecule has 1 fully saturated rings. The summed E-state index contributed by atoms with van der Waals surface area (Å²) < 4.78 is 15.2. The van der Waals surface area contributed by atoms with Gasteiger partial charge in [-0.3, -0.25) is 14.3 Å². The molecule has 0 spiro atoms. The van der Waals surface area contributed by atoms with Gasteiger partial charge in [0, 0.05) is 24.2 Å². The Morgan fingerprint density at radius 2 is 2.35 bits per heavy atom. The van der Waals surface area contributed by atoms with Crippen molar-refractivity contribution in [2.75, 3.05) is 6.61 Å². The first-order chi connectivity index (χ1) is 7.95. The third-order valence-electron chi connectivity index (χ3n) is 3.35. The van der Waals surface area contributed by atoms with Crippen molar-refractivity contribution in [3.05, 3.63) is 32.6 Å². The van der Waals surface area contributed by atoms with Crippen LogP contribution in [0.5, 0.6) is 0 Å². The van der Waals surface area contributed by atoms with E-state index in [9.17, 15) is 14.0 Å². The lowest BCUT2D eigenvalue weighted by molar-refractivity contribution is 0.0737. The Kier molecular flexibility index (Phi) is 2.91. The number of aromatic amines is 1. The highest BCUT2D eigenvalue weighted by Gasteiger charge is 2.40. The second-order valence-electron chi connectivity index (χ2n) is 4.68. The number of hydrogen-bond acceptors (Lipinski definition) is 3. The molecule has 1 aliphatic rings. The summed E-state index contributed by atoms with van der Waals surface area (Å²) in [7, 11) is 0. The summed E-state index contributed by atoms with van der Waals surface area (Å²) in [5, 5.41) is 8.94. The molecule has 5 nitrogen and oxygen atoms in total. The first-order valence-corrected chi connectivity index (χ1v) is 5.57. The van der Waals surface area contributed by atoms with Crippen LogP contribution in [0.4, 0.5) is 4.39 Å². The van der Waals surface area contributed by atoms with Crippen molar-refractivity contribution < 1.29 is 9.50 Å². The largest absolute Gasteiger partial charge is 0.393 e. The van der Waals surface area contributed by atoms with E-state index >= 15 is 0 Å². The van der Waals surface area contributed by atoms with Gasteiger partial charge in [0.15, 0.2) is 0 Å². The molecule has 0 aromatic carbocycles. The summed E-state index contributed by atoms with van der Waals surface area (Å²) in [5.74, 6) is 0. The third kappa shape index (κ3) is 2.17. The molecule has 1 aliphatic carbocycles. The molecule has 1 heterocycles. The van der Waals surface area contributed by atoms with Crippen LogP contribution in [0.3, 0.4) is 0 Å². The van der Waals surface area contributed by atoms with Crippen LogP contribution in [0, 0.1) is 6.92 Å². The number of alkyl halides is 1. The lowest BCUT2D eigenvalue weighted by Crippen LogP contribution is -2.33. The minimum atomic E-state index is -1.60. The maximum atomic E-state index is 13.9. The Morgan fingerprint density at radius 1 is 1.65 bits per heavy atom. The van der Waals surface area contributed by atoms with Gasteiger partial charge in [0.2, 0.25) is 0 Å². The molecule has 17 heavy (non-hydrogen) atoms. The Labute approximate surface area is 96.9 Å². The summed E-state index contributed by atoms with van der Waals surface area (Å²) in [6, 6.07) is -0.296. The molecule has 1 aromatic rings. The number of hydrogen-bond donors (Lipinski definition) is 2. The van der Waals surface area contributed by atoms with Crippen molar-refractivity contribution in [1.82, 2.24) is 9.55 Å². The minimum absolute atomic E-state index is 0.106. The van der Waals surface area contributed by atoms with Gasteiger partial charge in [0.1, 0.15) is 5.67 Å². The highest BCUT2D eigenvalue weighted by molar-refractivity contribution is 5.03. The highest BCUT2D eigenvalue weighted by Crippen LogP contribution is 2.39. The topological polar surface area (TPSA) is 75.1 Å². The van der Waals surface area contributed by atoms with Gasteiger partial charge in [-0.25, -0.2) is 9.18 Å². The van der Waals surface area contributed by atoms with Crippen LogP contribution in [-0.2, 0) is 0 Å². The molecule has 0 aliphatic heterocycles. The van der Waals surface area contributed by atoms with Gasteiger partial charge in [0.25, 0.3) is 5.56 Å². The second-order valence-corrected chi connectivity index (χ2v) is 4.68. The van der Waals surface area contributed by atoms with E-state index in [2.05, 4.69) is 4.98 Å². The van der Waals surface area contributed by atoms with E-state index in [1.54, 1.807) is 6.92 Å². The average Bonchev–Trinajstić information content (AvgIpc) is 2.67. The molecule has 0 bridgehead atoms. The lowest BCUT2D eigenvalue weighted by atomic mass is 10.1. The summed E-state index contributed by atoms with van der Waals surface area (Å²) >= 11 is 0. The van der Waals surface area contributed by atoms with Crippen LogP contribution < -0.4 is 11.2 Å². The summed E-state index contributed by atoms with van der Waals surface area (Å²) in [4.78, 5) is 25.0. The Morgan fingerprint density at radius 3 is 2.94 bits per heavy atom. The van der Waals surface area contributed by atoms with Gasteiger partial charge in [-0.05, 0) is 19.8 Å². The highest BCUT2D eigenvalue weighted by atomic mass is 19.1. The summed E-state index contributed by atoms with van der Waals surface area (Å²) in [6.45, 7) is 1.07. The normalized spacial score (nSPS) is 28.5. The number of nitrogens with one attached hydrogen (secondary N) is 1. The van der Waals surface area contributed by atoms with Crippen LogP contribution in [0.15, 0.2) is 15.8 Å². The van der Waals surface area contributed by atoms with Crippen LogP contribution in [0.25, 0.3) is 0 Å². The maximum Gasteiger partial charge on any atom is 0.328 e. The molecular formula is C11H15FN2O3. The number of nitrogens with zero attached hydrogens (tertiary/aromatic N) is 1. The van der Waals surface area contributed by atoms with E-state index in [0.717, 1.165) is 0 Å². The molecule has 1 aromatic heterocycles. The minimum Gasteiger partial charge on any atom is -0.393 e. The first-order valence-electron chi connectivity index (χ1n) is 5.57. The van der Waals surface area contributed by atoms with Crippen LogP contribution >= 0.6 is 0 Å². The van der Waals surface area contributed by atoms with Crippen LogP contribution in [0.1, 0.15) is 30.9 Å². The molecule has 0 radical (unpaired) electrons. The zero-order valence-corrected chi connectivity index (χ0v) is 9.57. The molecule has 2 N–H and O–H groups in total. The third-order valence-corrected chi connectivity index (χ3v) is 3.35. The van der Waals surface area contributed by atoms with Crippen molar-refractivity contribution in [2.45, 2.75) is 37.9 Å². The second kappa shape index (κ2) is 4.10. The van der Waals surface area contributed by atoms with Crippen molar-refractivity contribution in [3.8, 4) is 0 Å². The van der Waals surface area contributed by atoms with Crippen LogP contribution in [0.2, 0.25) is 0 Å². The molecular weight excluding hydrogens is 227 g/mol. The molecule has 2 rings (SSSR count). The van der Waals surface area contributed by atoms with Crippen molar-refractivity contribution in [2.24, 2.45) is 0 Å². The van der Waals surface area contributed by atoms with Gasteiger partial charge in [-0.2, -0.15) is 0 Å². The van der Waals surface area contributed by atoms with E-state index in [4.69, 9.17) is 5.11 Å². The fraction of sp³-hybridized carbons (Fsp3) is 0.636. The maximum absolute atomic E-state index is 13.9. The van der Waals surface area contributed by atoms with Crippen molar-refractivity contribution in [1.29, 1.82) is 0 Å². The van der Waals surface area contributed by atoms with Gasteiger partial charge >= 0.3 is 5.69 Å². The Hall–Kier alpha value is -1.43. The number of rotatable bonds is 2. The van der Waals surface area contributed by atoms with E-state index in [0.29, 0.717) is 12.0 Å². The number of halogens is 1.